The standard InChI is InChI=1S/C15H24FNO2/c1-4-17(14-9-7-13(16)8-10-14)12-11-15(18-5-2)19-6-3/h7-10,15H,4-6,11-12H2,1-3H3. The summed E-state index contributed by atoms with van der Waals surface area (Å²) in [6, 6.07) is 6.57. The van der Waals surface area contributed by atoms with Gasteiger partial charge in [-0.15, -0.1) is 0 Å². The van der Waals surface area contributed by atoms with E-state index in [0.29, 0.717) is 13.2 Å². The molecule has 3 nitrogen and oxygen atoms in total. The Balaban J connectivity index is 2.53. The van der Waals surface area contributed by atoms with Gasteiger partial charge < -0.3 is 14.4 Å². The molecule has 1 rings (SSSR count). The molecule has 0 amide bonds. The summed E-state index contributed by atoms with van der Waals surface area (Å²) in [7, 11) is 0. The van der Waals surface area contributed by atoms with Gasteiger partial charge in [-0.3, -0.25) is 0 Å². The second-order valence-electron chi connectivity index (χ2n) is 4.19. The Bertz CT molecular complexity index is 337. The fourth-order valence-electron chi connectivity index (χ4n) is 1.97. The van der Waals surface area contributed by atoms with E-state index < -0.39 is 0 Å². The molecule has 0 bridgehead atoms. The van der Waals surface area contributed by atoms with E-state index in [1.165, 1.54) is 12.1 Å². The average molecular weight is 269 g/mol. The summed E-state index contributed by atoms with van der Waals surface area (Å²) >= 11 is 0. The van der Waals surface area contributed by atoms with Gasteiger partial charge in [-0.25, -0.2) is 4.39 Å². The zero-order chi connectivity index (χ0) is 14.1. The van der Waals surface area contributed by atoms with Crippen LogP contribution in [0.2, 0.25) is 0 Å². The Kier molecular flexibility index (Phi) is 7.45. The average Bonchev–Trinajstić information content (AvgIpc) is 2.41. The first kappa shape index (κ1) is 15.9. The smallest absolute Gasteiger partial charge is 0.159 e. The highest BCUT2D eigenvalue weighted by atomic mass is 19.1. The molecule has 0 aromatic heterocycles. The number of ether oxygens (including phenoxy) is 2. The van der Waals surface area contributed by atoms with E-state index in [9.17, 15) is 4.39 Å². The number of rotatable bonds is 9. The lowest BCUT2D eigenvalue weighted by Gasteiger charge is -2.25. The second kappa shape index (κ2) is 8.88. The van der Waals surface area contributed by atoms with E-state index >= 15 is 0 Å². The van der Waals surface area contributed by atoms with Crippen molar-refractivity contribution < 1.29 is 13.9 Å². The van der Waals surface area contributed by atoms with Crippen LogP contribution in [0, 0.1) is 5.82 Å². The molecule has 1 aromatic carbocycles. The number of anilines is 1. The van der Waals surface area contributed by atoms with Crippen LogP contribution in [0.15, 0.2) is 24.3 Å². The summed E-state index contributed by atoms with van der Waals surface area (Å²) in [6.07, 6.45) is 0.636. The van der Waals surface area contributed by atoms with Gasteiger partial charge in [0.15, 0.2) is 6.29 Å². The molecular formula is C15H24FNO2. The van der Waals surface area contributed by atoms with Crippen LogP contribution < -0.4 is 4.90 Å². The molecule has 19 heavy (non-hydrogen) atoms. The van der Waals surface area contributed by atoms with E-state index in [2.05, 4.69) is 11.8 Å². The van der Waals surface area contributed by atoms with Gasteiger partial charge in [0.1, 0.15) is 5.82 Å². The molecule has 0 N–H and O–H groups in total. The number of nitrogens with zero attached hydrogens (tertiary/aromatic N) is 1. The van der Waals surface area contributed by atoms with Gasteiger partial charge in [-0.1, -0.05) is 0 Å². The molecule has 0 heterocycles. The van der Waals surface area contributed by atoms with Gasteiger partial charge in [0, 0.05) is 38.4 Å². The summed E-state index contributed by atoms with van der Waals surface area (Å²) in [5.74, 6) is -0.207. The summed E-state index contributed by atoms with van der Waals surface area (Å²) in [4.78, 5) is 2.18. The van der Waals surface area contributed by atoms with Crippen LogP contribution in [-0.4, -0.2) is 32.6 Å². The summed E-state index contributed by atoms with van der Waals surface area (Å²) in [5, 5.41) is 0. The Labute approximate surface area is 115 Å². The highest BCUT2D eigenvalue weighted by Crippen LogP contribution is 2.16. The number of halogens is 1. The third-order valence-electron chi connectivity index (χ3n) is 2.91. The zero-order valence-corrected chi connectivity index (χ0v) is 12.1. The topological polar surface area (TPSA) is 21.7 Å². The number of hydrogen-bond donors (Lipinski definition) is 0. The molecule has 4 heteroatoms. The van der Waals surface area contributed by atoms with Crippen molar-refractivity contribution >= 4 is 5.69 Å². The molecule has 0 fully saturated rings. The fourth-order valence-corrected chi connectivity index (χ4v) is 1.97. The van der Waals surface area contributed by atoms with E-state index in [1.807, 2.05) is 13.8 Å². The Morgan fingerprint density at radius 3 is 2.11 bits per heavy atom. The summed E-state index contributed by atoms with van der Waals surface area (Å²) in [5.41, 5.74) is 1.02. The van der Waals surface area contributed by atoms with Gasteiger partial charge >= 0.3 is 0 Å². The van der Waals surface area contributed by atoms with E-state index in [-0.39, 0.29) is 12.1 Å². The molecule has 0 aliphatic rings. The summed E-state index contributed by atoms with van der Waals surface area (Å²) < 4.78 is 24.0. The van der Waals surface area contributed by atoms with Crippen molar-refractivity contribution in [1.82, 2.24) is 0 Å². The van der Waals surface area contributed by atoms with Crippen LogP contribution in [0.5, 0.6) is 0 Å². The third kappa shape index (κ3) is 5.57. The van der Waals surface area contributed by atoms with Crippen molar-refractivity contribution in [3.8, 4) is 0 Å². The maximum Gasteiger partial charge on any atom is 0.159 e. The van der Waals surface area contributed by atoms with Gasteiger partial charge in [0.2, 0.25) is 0 Å². The molecule has 0 unspecified atom stereocenters. The lowest BCUT2D eigenvalue weighted by molar-refractivity contribution is -0.138. The number of hydrogen-bond acceptors (Lipinski definition) is 3. The first-order valence-corrected chi connectivity index (χ1v) is 6.94. The minimum Gasteiger partial charge on any atom is -0.372 e. The van der Waals surface area contributed by atoms with Gasteiger partial charge in [0.25, 0.3) is 0 Å². The van der Waals surface area contributed by atoms with Gasteiger partial charge in [0.05, 0.1) is 0 Å². The minimum atomic E-state index is -0.207. The van der Waals surface area contributed by atoms with Crippen molar-refractivity contribution in [2.75, 3.05) is 31.2 Å². The fraction of sp³-hybridized carbons (Fsp3) is 0.600. The molecule has 0 atom stereocenters. The summed E-state index contributed by atoms with van der Waals surface area (Å²) in [6.45, 7) is 9.00. The number of benzene rings is 1. The van der Waals surface area contributed by atoms with Crippen molar-refractivity contribution in [2.24, 2.45) is 0 Å². The van der Waals surface area contributed by atoms with Crippen LogP contribution >= 0.6 is 0 Å². The monoisotopic (exact) mass is 269 g/mol. The van der Waals surface area contributed by atoms with E-state index in [1.54, 1.807) is 12.1 Å². The predicted octanol–water partition coefficient (Wildman–Crippen LogP) is 3.44. The predicted molar refractivity (Wildman–Crippen MR) is 75.9 cm³/mol. The zero-order valence-electron chi connectivity index (χ0n) is 12.1. The highest BCUT2D eigenvalue weighted by Gasteiger charge is 2.11. The van der Waals surface area contributed by atoms with Gasteiger partial charge in [-0.2, -0.15) is 0 Å². The van der Waals surface area contributed by atoms with Crippen LogP contribution in [0.1, 0.15) is 27.2 Å². The molecular weight excluding hydrogens is 245 g/mol. The van der Waals surface area contributed by atoms with Crippen LogP contribution in [0.4, 0.5) is 10.1 Å². The van der Waals surface area contributed by atoms with Crippen molar-refractivity contribution in [3.05, 3.63) is 30.1 Å². The molecule has 0 saturated heterocycles. The lowest BCUT2D eigenvalue weighted by Crippen LogP contribution is -2.29. The third-order valence-corrected chi connectivity index (χ3v) is 2.91. The Morgan fingerprint density at radius 2 is 1.63 bits per heavy atom. The quantitative estimate of drug-likeness (QED) is 0.641. The largest absolute Gasteiger partial charge is 0.372 e. The molecule has 0 aliphatic carbocycles. The van der Waals surface area contributed by atoms with E-state index in [4.69, 9.17) is 9.47 Å². The molecule has 0 aliphatic heterocycles. The normalized spacial score (nSPS) is 11.0. The minimum absolute atomic E-state index is 0.163. The molecule has 0 spiro atoms. The van der Waals surface area contributed by atoms with Crippen molar-refractivity contribution in [3.63, 3.8) is 0 Å². The molecule has 0 radical (unpaired) electrons. The molecule has 1 aromatic rings. The molecule has 108 valence electrons. The van der Waals surface area contributed by atoms with Gasteiger partial charge in [-0.05, 0) is 45.0 Å². The maximum absolute atomic E-state index is 12.9. The van der Waals surface area contributed by atoms with Crippen LogP contribution in [0.3, 0.4) is 0 Å². The van der Waals surface area contributed by atoms with Crippen LogP contribution in [-0.2, 0) is 9.47 Å². The molecule has 0 saturated carbocycles. The van der Waals surface area contributed by atoms with Crippen LogP contribution in [0.25, 0.3) is 0 Å². The lowest BCUT2D eigenvalue weighted by atomic mass is 10.2. The SMILES string of the molecule is CCOC(CCN(CC)c1ccc(F)cc1)OCC. The Hall–Kier alpha value is -1.13. The Morgan fingerprint density at radius 1 is 1.05 bits per heavy atom. The second-order valence-corrected chi connectivity index (χ2v) is 4.19. The first-order chi connectivity index (χ1) is 9.21. The first-order valence-electron chi connectivity index (χ1n) is 6.94. The van der Waals surface area contributed by atoms with E-state index in [0.717, 1.165) is 25.2 Å². The highest BCUT2D eigenvalue weighted by molar-refractivity contribution is 5.45. The van der Waals surface area contributed by atoms with Crippen molar-refractivity contribution in [1.29, 1.82) is 0 Å². The van der Waals surface area contributed by atoms with Crippen molar-refractivity contribution in [2.45, 2.75) is 33.5 Å². The maximum atomic E-state index is 12.9.